The normalized spacial score (nSPS) is 14.7. The zero-order valence-electron chi connectivity index (χ0n) is 15.1. The van der Waals surface area contributed by atoms with Crippen molar-refractivity contribution >= 4 is 11.6 Å². The molecule has 1 heterocycles. The van der Waals surface area contributed by atoms with Gasteiger partial charge in [0.1, 0.15) is 5.71 Å². The highest BCUT2D eigenvalue weighted by molar-refractivity contribution is 6.43. The number of hydrazone groups is 1. The number of nitrogens with one attached hydrogen (secondary N) is 1. The molecular weight excluding hydrogens is 300 g/mol. The maximum atomic E-state index is 11.8. The lowest BCUT2D eigenvalue weighted by molar-refractivity contribution is -0.114. The van der Waals surface area contributed by atoms with Gasteiger partial charge < -0.3 is 11.2 Å². The fourth-order valence-corrected chi connectivity index (χ4v) is 2.68. The molecule has 0 saturated carbocycles. The number of hydrogen-bond donors (Lipinski definition) is 2. The van der Waals surface area contributed by atoms with Crippen LogP contribution in [0.3, 0.4) is 0 Å². The van der Waals surface area contributed by atoms with Gasteiger partial charge in [-0.05, 0) is 37.0 Å². The summed E-state index contributed by atoms with van der Waals surface area (Å²) in [5, 5.41) is 6.33. The SMILES string of the molecule is C/C=C\C(=N/N)C(=O)NCCCN1CCc2ccccc2C1.CC. The number of hydrogen-bond acceptors (Lipinski definition) is 4. The first-order valence-electron chi connectivity index (χ1n) is 8.72. The molecule has 0 fully saturated rings. The number of benzene rings is 1. The van der Waals surface area contributed by atoms with E-state index in [2.05, 4.69) is 39.6 Å². The third-order valence-electron chi connectivity index (χ3n) is 3.84. The highest BCUT2D eigenvalue weighted by Gasteiger charge is 2.15. The van der Waals surface area contributed by atoms with Crippen LogP contribution in [-0.2, 0) is 17.8 Å². The van der Waals surface area contributed by atoms with E-state index >= 15 is 0 Å². The third kappa shape index (κ3) is 6.16. The molecule has 0 saturated heterocycles. The van der Waals surface area contributed by atoms with E-state index in [4.69, 9.17) is 5.84 Å². The molecule has 0 aliphatic carbocycles. The number of nitrogens with zero attached hydrogens (tertiary/aromatic N) is 2. The van der Waals surface area contributed by atoms with Crippen molar-refractivity contribution in [3.63, 3.8) is 0 Å². The van der Waals surface area contributed by atoms with Crippen molar-refractivity contribution in [2.75, 3.05) is 19.6 Å². The van der Waals surface area contributed by atoms with E-state index in [0.29, 0.717) is 6.54 Å². The summed E-state index contributed by atoms with van der Waals surface area (Å²) in [5.41, 5.74) is 3.14. The maximum absolute atomic E-state index is 11.8. The van der Waals surface area contributed by atoms with Gasteiger partial charge in [0.05, 0.1) is 0 Å². The van der Waals surface area contributed by atoms with Crippen LogP contribution in [0.5, 0.6) is 0 Å². The Balaban J connectivity index is 0.00000139. The van der Waals surface area contributed by atoms with E-state index in [0.717, 1.165) is 32.5 Å². The fraction of sp³-hybridized carbons (Fsp3) is 0.474. The standard InChI is InChI=1S/C17H24N4O.C2H6/c1-2-6-16(20-18)17(22)19-10-5-11-21-12-9-14-7-3-4-8-15(14)13-21;1-2/h2-4,6-8H,5,9-13,18H2,1H3,(H,19,22);1-2H3/b6-2-,20-16+;. The molecule has 1 amide bonds. The Morgan fingerprint density at radius 2 is 2.04 bits per heavy atom. The predicted octanol–water partition coefficient (Wildman–Crippen LogP) is 2.47. The minimum absolute atomic E-state index is 0.218. The van der Waals surface area contributed by atoms with Crippen molar-refractivity contribution in [1.29, 1.82) is 0 Å². The van der Waals surface area contributed by atoms with Gasteiger partial charge in [-0.2, -0.15) is 5.10 Å². The topological polar surface area (TPSA) is 70.7 Å². The molecule has 0 spiro atoms. The van der Waals surface area contributed by atoms with E-state index in [1.807, 2.05) is 20.8 Å². The highest BCUT2D eigenvalue weighted by atomic mass is 16.1. The van der Waals surface area contributed by atoms with Crippen LogP contribution in [0.1, 0.15) is 38.3 Å². The fourth-order valence-electron chi connectivity index (χ4n) is 2.68. The molecule has 1 aliphatic heterocycles. The summed E-state index contributed by atoms with van der Waals surface area (Å²) in [4.78, 5) is 14.2. The zero-order chi connectivity index (χ0) is 17.8. The summed E-state index contributed by atoms with van der Waals surface area (Å²) in [5.74, 6) is 4.98. The summed E-state index contributed by atoms with van der Waals surface area (Å²) in [7, 11) is 0. The minimum Gasteiger partial charge on any atom is -0.351 e. The Morgan fingerprint density at radius 3 is 2.71 bits per heavy atom. The molecule has 0 unspecified atom stereocenters. The molecule has 0 atom stereocenters. The molecule has 0 bridgehead atoms. The van der Waals surface area contributed by atoms with Gasteiger partial charge in [-0.1, -0.05) is 44.2 Å². The number of carbonyl (C=O) groups is 1. The van der Waals surface area contributed by atoms with E-state index in [1.165, 1.54) is 11.1 Å². The second-order valence-corrected chi connectivity index (χ2v) is 5.42. The molecule has 5 nitrogen and oxygen atoms in total. The van der Waals surface area contributed by atoms with E-state index in [-0.39, 0.29) is 11.6 Å². The minimum atomic E-state index is -0.218. The number of amides is 1. The monoisotopic (exact) mass is 330 g/mol. The maximum Gasteiger partial charge on any atom is 0.271 e. The van der Waals surface area contributed by atoms with Gasteiger partial charge >= 0.3 is 0 Å². The van der Waals surface area contributed by atoms with Gasteiger partial charge in [0.15, 0.2) is 0 Å². The molecule has 132 valence electrons. The molecular formula is C19H30N4O. The average molecular weight is 330 g/mol. The van der Waals surface area contributed by atoms with Crippen LogP contribution in [0.2, 0.25) is 0 Å². The second-order valence-electron chi connectivity index (χ2n) is 5.42. The Hall–Kier alpha value is -2.14. The van der Waals surface area contributed by atoms with Crippen LogP contribution in [0.15, 0.2) is 41.5 Å². The van der Waals surface area contributed by atoms with Gasteiger partial charge in [-0.25, -0.2) is 0 Å². The molecule has 1 aliphatic rings. The summed E-state index contributed by atoms with van der Waals surface area (Å²) in [6, 6.07) is 8.61. The van der Waals surface area contributed by atoms with Gasteiger partial charge in [0.2, 0.25) is 0 Å². The van der Waals surface area contributed by atoms with Crippen molar-refractivity contribution in [2.24, 2.45) is 10.9 Å². The predicted molar refractivity (Wildman–Crippen MR) is 101 cm³/mol. The van der Waals surface area contributed by atoms with E-state index < -0.39 is 0 Å². The largest absolute Gasteiger partial charge is 0.351 e. The summed E-state index contributed by atoms with van der Waals surface area (Å²) < 4.78 is 0. The summed E-state index contributed by atoms with van der Waals surface area (Å²) in [6.45, 7) is 9.52. The number of allylic oxidation sites excluding steroid dienone is 1. The Bertz CT molecular complexity index is 566. The Labute approximate surface area is 145 Å². The summed E-state index contributed by atoms with van der Waals surface area (Å²) in [6.07, 6.45) is 5.38. The van der Waals surface area contributed by atoms with E-state index in [9.17, 15) is 4.79 Å². The lowest BCUT2D eigenvalue weighted by Gasteiger charge is -2.28. The van der Waals surface area contributed by atoms with E-state index in [1.54, 1.807) is 12.2 Å². The first-order valence-corrected chi connectivity index (χ1v) is 8.72. The molecule has 24 heavy (non-hydrogen) atoms. The van der Waals surface area contributed by atoms with Gasteiger partial charge in [-0.3, -0.25) is 9.69 Å². The number of carbonyl (C=O) groups excluding carboxylic acids is 1. The number of nitrogens with two attached hydrogens (primary N) is 1. The second kappa shape index (κ2) is 11.4. The molecule has 0 radical (unpaired) electrons. The van der Waals surface area contributed by atoms with Gasteiger partial charge in [0.25, 0.3) is 5.91 Å². The van der Waals surface area contributed by atoms with Crippen LogP contribution in [0, 0.1) is 0 Å². The molecule has 0 aromatic heterocycles. The average Bonchev–Trinajstić information content (AvgIpc) is 2.64. The van der Waals surface area contributed by atoms with Gasteiger partial charge in [0, 0.05) is 26.2 Å². The van der Waals surface area contributed by atoms with Crippen molar-refractivity contribution in [3.05, 3.63) is 47.5 Å². The Morgan fingerprint density at radius 1 is 1.33 bits per heavy atom. The number of rotatable bonds is 6. The number of fused-ring (bicyclic) bond motifs is 1. The van der Waals surface area contributed by atoms with Crippen molar-refractivity contribution < 1.29 is 4.79 Å². The third-order valence-corrected chi connectivity index (χ3v) is 3.84. The molecule has 5 heteroatoms. The summed E-state index contributed by atoms with van der Waals surface area (Å²) >= 11 is 0. The van der Waals surface area contributed by atoms with Crippen molar-refractivity contribution in [1.82, 2.24) is 10.2 Å². The molecule has 1 aromatic carbocycles. The molecule has 3 N–H and O–H groups in total. The first-order chi connectivity index (χ1) is 11.7. The quantitative estimate of drug-likeness (QED) is 0.364. The smallest absolute Gasteiger partial charge is 0.271 e. The van der Waals surface area contributed by atoms with Crippen molar-refractivity contribution in [3.8, 4) is 0 Å². The van der Waals surface area contributed by atoms with Crippen LogP contribution < -0.4 is 11.2 Å². The van der Waals surface area contributed by atoms with Crippen LogP contribution in [0.25, 0.3) is 0 Å². The lowest BCUT2D eigenvalue weighted by atomic mass is 10.00. The first kappa shape index (κ1) is 19.9. The van der Waals surface area contributed by atoms with Crippen LogP contribution in [0.4, 0.5) is 0 Å². The molecule has 2 rings (SSSR count). The highest BCUT2D eigenvalue weighted by Crippen LogP contribution is 2.18. The van der Waals surface area contributed by atoms with Crippen molar-refractivity contribution in [2.45, 2.75) is 40.2 Å². The van der Waals surface area contributed by atoms with Crippen LogP contribution >= 0.6 is 0 Å². The van der Waals surface area contributed by atoms with Gasteiger partial charge in [-0.15, -0.1) is 0 Å². The zero-order valence-corrected chi connectivity index (χ0v) is 15.1. The van der Waals surface area contributed by atoms with Crippen LogP contribution in [-0.4, -0.2) is 36.2 Å². The lowest BCUT2D eigenvalue weighted by Crippen LogP contribution is -2.35. The Kier molecular flexibility index (Phi) is 9.46. The molecule has 1 aromatic rings.